The van der Waals surface area contributed by atoms with Gasteiger partial charge in [-0.15, -0.1) is 6.58 Å². The fourth-order valence-corrected chi connectivity index (χ4v) is 1.37. The Hall–Kier alpha value is -1.32. The van der Waals surface area contributed by atoms with Gasteiger partial charge in [0.2, 0.25) is 5.91 Å². The molecule has 1 fully saturated rings. The Morgan fingerprint density at radius 3 is 2.83 bits per heavy atom. The Labute approximate surface area is 70.3 Å². The quantitative estimate of drug-likeness (QED) is 0.597. The van der Waals surface area contributed by atoms with Gasteiger partial charge in [-0.2, -0.15) is 0 Å². The van der Waals surface area contributed by atoms with Crippen molar-refractivity contribution in [1.29, 1.82) is 0 Å². The number of amides is 1. The zero-order valence-electron chi connectivity index (χ0n) is 6.67. The summed E-state index contributed by atoms with van der Waals surface area (Å²) in [6.07, 6.45) is 2.45. The maximum Gasteiger partial charge on any atom is 0.329 e. The molecule has 0 aromatic rings. The predicted octanol–water partition coefficient (Wildman–Crippen LogP) is 0.296. The highest BCUT2D eigenvalue weighted by Crippen LogP contribution is 2.24. The van der Waals surface area contributed by atoms with Crippen molar-refractivity contribution in [2.24, 2.45) is 0 Å². The average Bonchev–Trinajstić information content (AvgIpc) is 2.34. The molecule has 1 atom stereocenters. The van der Waals surface area contributed by atoms with Gasteiger partial charge in [0.15, 0.2) is 0 Å². The Morgan fingerprint density at radius 2 is 2.50 bits per heavy atom. The van der Waals surface area contributed by atoms with Crippen LogP contribution in [-0.2, 0) is 9.59 Å². The van der Waals surface area contributed by atoms with Crippen molar-refractivity contribution < 1.29 is 14.7 Å². The molecule has 0 unspecified atom stereocenters. The van der Waals surface area contributed by atoms with Crippen LogP contribution < -0.4 is 5.32 Å². The van der Waals surface area contributed by atoms with Crippen LogP contribution in [0.5, 0.6) is 0 Å². The fraction of sp³-hybridized carbons (Fsp3) is 0.500. The molecule has 2 N–H and O–H groups in total. The van der Waals surface area contributed by atoms with Crippen molar-refractivity contribution in [2.45, 2.75) is 24.8 Å². The highest BCUT2D eigenvalue weighted by Gasteiger charge is 2.43. The molecule has 1 heterocycles. The zero-order valence-corrected chi connectivity index (χ0v) is 6.67. The number of carbonyl (C=O) groups is 2. The van der Waals surface area contributed by atoms with Gasteiger partial charge >= 0.3 is 5.97 Å². The summed E-state index contributed by atoms with van der Waals surface area (Å²) in [5.74, 6) is -1.17. The maximum absolute atomic E-state index is 10.8. The first-order chi connectivity index (χ1) is 5.60. The van der Waals surface area contributed by atoms with Crippen molar-refractivity contribution in [2.75, 3.05) is 0 Å². The smallest absolute Gasteiger partial charge is 0.329 e. The lowest BCUT2D eigenvalue weighted by atomic mass is 9.94. The van der Waals surface area contributed by atoms with Gasteiger partial charge in [0.1, 0.15) is 5.54 Å². The summed E-state index contributed by atoms with van der Waals surface area (Å²) in [5, 5.41) is 11.3. The Bertz CT molecular complexity index is 236. The van der Waals surface area contributed by atoms with Crippen LogP contribution in [-0.4, -0.2) is 22.5 Å². The van der Waals surface area contributed by atoms with Gasteiger partial charge in [-0.1, -0.05) is 6.08 Å². The Kier molecular flexibility index (Phi) is 2.17. The summed E-state index contributed by atoms with van der Waals surface area (Å²) in [5.41, 5.74) is -1.08. The molecular weight excluding hydrogens is 158 g/mol. The van der Waals surface area contributed by atoms with E-state index in [0.717, 1.165) is 0 Å². The molecule has 1 saturated heterocycles. The largest absolute Gasteiger partial charge is 0.479 e. The second-order valence-electron chi connectivity index (χ2n) is 2.93. The van der Waals surface area contributed by atoms with E-state index in [-0.39, 0.29) is 12.3 Å². The van der Waals surface area contributed by atoms with E-state index in [9.17, 15) is 9.59 Å². The highest BCUT2D eigenvalue weighted by molar-refractivity contribution is 5.90. The molecule has 0 spiro atoms. The molecule has 0 bridgehead atoms. The first-order valence-electron chi connectivity index (χ1n) is 3.76. The van der Waals surface area contributed by atoms with Crippen LogP contribution in [0, 0.1) is 0 Å². The van der Waals surface area contributed by atoms with Crippen LogP contribution in [0.3, 0.4) is 0 Å². The molecule has 66 valence electrons. The van der Waals surface area contributed by atoms with E-state index in [0.29, 0.717) is 12.8 Å². The van der Waals surface area contributed by atoms with Crippen LogP contribution in [0.1, 0.15) is 19.3 Å². The van der Waals surface area contributed by atoms with Crippen LogP contribution in [0.15, 0.2) is 12.7 Å². The second kappa shape index (κ2) is 2.97. The van der Waals surface area contributed by atoms with Crippen molar-refractivity contribution in [1.82, 2.24) is 5.32 Å². The molecule has 1 aliphatic rings. The molecule has 0 radical (unpaired) electrons. The molecule has 4 heteroatoms. The lowest BCUT2D eigenvalue weighted by Crippen LogP contribution is -2.48. The second-order valence-corrected chi connectivity index (χ2v) is 2.93. The van der Waals surface area contributed by atoms with Crippen LogP contribution in [0.25, 0.3) is 0 Å². The Balaban J connectivity index is 2.80. The molecule has 0 aliphatic carbocycles. The molecule has 0 aromatic heterocycles. The third kappa shape index (κ3) is 1.32. The third-order valence-corrected chi connectivity index (χ3v) is 2.06. The number of hydrogen-bond donors (Lipinski definition) is 2. The van der Waals surface area contributed by atoms with Gasteiger partial charge in [0, 0.05) is 6.42 Å². The van der Waals surface area contributed by atoms with Crippen molar-refractivity contribution in [3.63, 3.8) is 0 Å². The number of carboxylic acid groups (broad SMARTS) is 1. The fourth-order valence-electron chi connectivity index (χ4n) is 1.37. The maximum atomic E-state index is 10.8. The lowest BCUT2D eigenvalue weighted by Gasteiger charge is -2.21. The summed E-state index contributed by atoms with van der Waals surface area (Å²) in [6, 6.07) is 0. The molecule has 1 amide bonds. The number of aliphatic carboxylic acids is 1. The molecule has 12 heavy (non-hydrogen) atoms. The molecule has 4 nitrogen and oxygen atoms in total. The number of carboxylic acids is 1. The summed E-state index contributed by atoms with van der Waals surface area (Å²) in [6.45, 7) is 3.46. The van der Waals surface area contributed by atoms with Crippen LogP contribution >= 0.6 is 0 Å². The van der Waals surface area contributed by atoms with Gasteiger partial charge in [-0.05, 0) is 12.8 Å². The minimum Gasteiger partial charge on any atom is -0.479 e. The minimum atomic E-state index is -1.08. The first-order valence-corrected chi connectivity index (χ1v) is 3.76. The Morgan fingerprint density at radius 1 is 1.83 bits per heavy atom. The molecule has 1 aliphatic heterocycles. The predicted molar refractivity (Wildman–Crippen MR) is 42.6 cm³/mol. The SMILES string of the molecule is C=CC[C@@]1(C(=O)O)CCC(=O)N1. The van der Waals surface area contributed by atoms with E-state index >= 15 is 0 Å². The van der Waals surface area contributed by atoms with Crippen LogP contribution in [0.4, 0.5) is 0 Å². The molecule has 1 rings (SSSR count). The van der Waals surface area contributed by atoms with E-state index in [1.165, 1.54) is 6.08 Å². The first kappa shape index (κ1) is 8.77. The van der Waals surface area contributed by atoms with Gasteiger partial charge < -0.3 is 10.4 Å². The number of hydrogen-bond acceptors (Lipinski definition) is 2. The van der Waals surface area contributed by atoms with Crippen molar-refractivity contribution in [3.8, 4) is 0 Å². The van der Waals surface area contributed by atoms with E-state index in [4.69, 9.17) is 5.11 Å². The third-order valence-electron chi connectivity index (χ3n) is 2.06. The van der Waals surface area contributed by atoms with Gasteiger partial charge in [-0.25, -0.2) is 4.79 Å². The van der Waals surface area contributed by atoms with E-state index < -0.39 is 11.5 Å². The lowest BCUT2D eigenvalue weighted by molar-refractivity contribution is -0.145. The molecule has 0 aromatic carbocycles. The molecule has 0 saturated carbocycles. The van der Waals surface area contributed by atoms with Crippen molar-refractivity contribution in [3.05, 3.63) is 12.7 Å². The highest BCUT2D eigenvalue weighted by atomic mass is 16.4. The summed E-state index contributed by atoms with van der Waals surface area (Å²) in [4.78, 5) is 21.6. The zero-order chi connectivity index (χ0) is 9.19. The number of carbonyl (C=O) groups excluding carboxylic acids is 1. The van der Waals surface area contributed by atoms with Gasteiger partial charge in [0.05, 0.1) is 0 Å². The standard InChI is InChI=1S/C8H11NO3/c1-2-4-8(7(11)12)5-3-6(10)9-8/h2H,1,3-5H2,(H,9,10)(H,11,12)/t8-/m0/s1. The number of rotatable bonds is 3. The van der Waals surface area contributed by atoms with E-state index in [1.54, 1.807) is 0 Å². The minimum absolute atomic E-state index is 0.195. The molecular formula is C8H11NO3. The summed E-state index contributed by atoms with van der Waals surface area (Å²) in [7, 11) is 0. The summed E-state index contributed by atoms with van der Waals surface area (Å²) >= 11 is 0. The van der Waals surface area contributed by atoms with Crippen molar-refractivity contribution >= 4 is 11.9 Å². The van der Waals surface area contributed by atoms with E-state index in [1.807, 2.05) is 0 Å². The topological polar surface area (TPSA) is 66.4 Å². The summed E-state index contributed by atoms with van der Waals surface area (Å²) < 4.78 is 0. The van der Waals surface area contributed by atoms with Gasteiger partial charge in [0.25, 0.3) is 0 Å². The number of nitrogens with one attached hydrogen (secondary N) is 1. The average molecular weight is 169 g/mol. The monoisotopic (exact) mass is 169 g/mol. The van der Waals surface area contributed by atoms with Crippen LogP contribution in [0.2, 0.25) is 0 Å². The normalized spacial score (nSPS) is 28.2. The van der Waals surface area contributed by atoms with E-state index in [2.05, 4.69) is 11.9 Å². The van der Waals surface area contributed by atoms with Gasteiger partial charge in [-0.3, -0.25) is 4.79 Å².